The van der Waals surface area contributed by atoms with Crippen molar-refractivity contribution in [2.24, 2.45) is 5.92 Å². The second-order valence-electron chi connectivity index (χ2n) is 5.08. The molecule has 1 aromatic rings. The Morgan fingerprint density at radius 1 is 1.20 bits per heavy atom. The Morgan fingerprint density at radius 2 is 1.90 bits per heavy atom. The van der Waals surface area contributed by atoms with Crippen molar-refractivity contribution in [3.8, 4) is 0 Å². The zero-order valence-corrected chi connectivity index (χ0v) is 14.0. The predicted molar refractivity (Wildman–Crippen MR) is 91.2 cm³/mol. The lowest BCUT2D eigenvalue weighted by Gasteiger charge is -2.24. The van der Waals surface area contributed by atoms with E-state index in [0.29, 0.717) is 5.82 Å². The van der Waals surface area contributed by atoms with Crippen molar-refractivity contribution in [2.45, 2.75) is 60.3 Å². The Bertz CT molecular complexity index is 322. The first-order valence-corrected chi connectivity index (χ1v) is 8.13. The molecule has 0 aromatic carbocycles. The van der Waals surface area contributed by atoms with Gasteiger partial charge < -0.3 is 10.6 Å². The standard InChI is InChI=1S/C15H27N3.C2H6/c1-4-10-18(11-6-7-13(3)5-2)14-8-9-15(16)17-12-14;1-2/h8-9,12-13H,4-7,10-11H2,1-3H3,(H2,16,17);1-2H3. The maximum atomic E-state index is 5.63. The second kappa shape index (κ2) is 11.6. The highest BCUT2D eigenvalue weighted by molar-refractivity contribution is 5.47. The van der Waals surface area contributed by atoms with Crippen LogP contribution in [0.2, 0.25) is 0 Å². The molecule has 0 spiro atoms. The van der Waals surface area contributed by atoms with E-state index in [2.05, 4.69) is 36.7 Å². The maximum Gasteiger partial charge on any atom is 0.123 e. The van der Waals surface area contributed by atoms with Gasteiger partial charge in [-0.2, -0.15) is 0 Å². The van der Waals surface area contributed by atoms with Gasteiger partial charge in [0.1, 0.15) is 5.82 Å². The number of anilines is 2. The van der Waals surface area contributed by atoms with Crippen molar-refractivity contribution in [2.75, 3.05) is 23.7 Å². The average Bonchev–Trinajstić information content (AvgIpc) is 2.49. The number of nitrogen functional groups attached to an aromatic ring is 1. The Hall–Kier alpha value is -1.25. The van der Waals surface area contributed by atoms with E-state index >= 15 is 0 Å². The molecule has 2 N–H and O–H groups in total. The molecule has 20 heavy (non-hydrogen) atoms. The highest BCUT2D eigenvalue weighted by atomic mass is 15.1. The molecule has 1 unspecified atom stereocenters. The van der Waals surface area contributed by atoms with Gasteiger partial charge >= 0.3 is 0 Å². The molecule has 1 aromatic heterocycles. The van der Waals surface area contributed by atoms with Crippen molar-refractivity contribution >= 4 is 11.5 Å². The van der Waals surface area contributed by atoms with Crippen LogP contribution in [0, 0.1) is 5.92 Å². The number of nitrogens with zero attached hydrogens (tertiary/aromatic N) is 2. The third-order valence-electron chi connectivity index (χ3n) is 3.45. The van der Waals surface area contributed by atoms with Gasteiger partial charge in [0.25, 0.3) is 0 Å². The SMILES string of the molecule is CC.CCCN(CCCC(C)CC)c1ccc(N)nc1. The fourth-order valence-corrected chi connectivity index (χ4v) is 2.06. The first-order valence-electron chi connectivity index (χ1n) is 8.13. The highest BCUT2D eigenvalue weighted by Crippen LogP contribution is 2.17. The van der Waals surface area contributed by atoms with E-state index in [4.69, 9.17) is 5.73 Å². The van der Waals surface area contributed by atoms with E-state index in [1.165, 1.54) is 24.9 Å². The van der Waals surface area contributed by atoms with Gasteiger partial charge in [-0.25, -0.2) is 4.98 Å². The van der Waals surface area contributed by atoms with Gasteiger partial charge in [0, 0.05) is 13.1 Å². The van der Waals surface area contributed by atoms with Crippen LogP contribution in [0.1, 0.15) is 60.3 Å². The first kappa shape index (κ1) is 18.8. The van der Waals surface area contributed by atoms with Crippen LogP contribution in [-0.4, -0.2) is 18.1 Å². The summed E-state index contributed by atoms with van der Waals surface area (Å²) in [6.07, 6.45) is 6.87. The Labute approximate surface area is 125 Å². The van der Waals surface area contributed by atoms with E-state index in [9.17, 15) is 0 Å². The lowest BCUT2D eigenvalue weighted by atomic mass is 10.0. The molecule has 116 valence electrons. The number of hydrogen-bond acceptors (Lipinski definition) is 3. The third kappa shape index (κ3) is 7.37. The summed E-state index contributed by atoms with van der Waals surface area (Å²) in [6, 6.07) is 3.95. The number of nitrogens with two attached hydrogens (primary N) is 1. The van der Waals surface area contributed by atoms with Gasteiger partial charge in [0.2, 0.25) is 0 Å². The monoisotopic (exact) mass is 279 g/mol. The molecule has 0 saturated heterocycles. The quantitative estimate of drug-likeness (QED) is 0.748. The van der Waals surface area contributed by atoms with Crippen LogP contribution < -0.4 is 10.6 Å². The van der Waals surface area contributed by atoms with Crippen LogP contribution in [0.3, 0.4) is 0 Å². The van der Waals surface area contributed by atoms with Crippen molar-refractivity contribution in [1.82, 2.24) is 4.98 Å². The van der Waals surface area contributed by atoms with Crippen LogP contribution in [0.15, 0.2) is 18.3 Å². The molecule has 1 atom stereocenters. The average molecular weight is 279 g/mol. The molecular weight excluding hydrogens is 246 g/mol. The summed E-state index contributed by atoms with van der Waals surface area (Å²) in [5.41, 5.74) is 6.82. The molecule has 0 bridgehead atoms. The van der Waals surface area contributed by atoms with Gasteiger partial charge in [-0.15, -0.1) is 0 Å². The molecule has 0 saturated carbocycles. The lowest BCUT2D eigenvalue weighted by molar-refractivity contribution is 0.493. The molecule has 0 aliphatic rings. The van der Waals surface area contributed by atoms with Crippen molar-refractivity contribution in [3.05, 3.63) is 18.3 Å². The lowest BCUT2D eigenvalue weighted by Crippen LogP contribution is -2.25. The summed E-state index contributed by atoms with van der Waals surface area (Å²) in [4.78, 5) is 6.59. The number of rotatable bonds is 8. The van der Waals surface area contributed by atoms with Gasteiger partial charge in [0.15, 0.2) is 0 Å². The normalized spacial score (nSPS) is 11.4. The van der Waals surface area contributed by atoms with E-state index < -0.39 is 0 Å². The minimum Gasteiger partial charge on any atom is -0.384 e. The van der Waals surface area contributed by atoms with E-state index in [1.807, 2.05) is 26.1 Å². The minimum atomic E-state index is 0.592. The molecule has 0 amide bonds. The largest absolute Gasteiger partial charge is 0.384 e. The van der Waals surface area contributed by atoms with Crippen LogP contribution >= 0.6 is 0 Å². The van der Waals surface area contributed by atoms with E-state index in [-0.39, 0.29) is 0 Å². The Kier molecular flexibility index (Phi) is 10.8. The van der Waals surface area contributed by atoms with Crippen LogP contribution in [0.4, 0.5) is 11.5 Å². The van der Waals surface area contributed by atoms with Crippen molar-refractivity contribution in [3.63, 3.8) is 0 Å². The smallest absolute Gasteiger partial charge is 0.123 e. The molecule has 1 rings (SSSR count). The van der Waals surface area contributed by atoms with Gasteiger partial charge in [0.05, 0.1) is 11.9 Å². The van der Waals surface area contributed by atoms with Gasteiger partial charge in [-0.3, -0.25) is 0 Å². The summed E-state index contributed by atoms with van der Waals surface area (Å²) in [7, 11) is 0. The zero-order chi connectivity index (χ0) is 15.4. The minimum absolute atomic E-state index is 0.592. The maximum absolute atomic E-state index is 5.63. The third-order valence-corrected chi connectivity index (χ3v) is 3.45. The van der Waals surface area contributed by atoms with Crippen molar-refractivity contribution in [1.29, 1.82) is 0 Å². The van der Waals surface area contributed by atoms with E-state index in [0.717, 1.165) is 25.4 Å². The first-order chi connectivity index (χ1) is 9.67. The molecule has 1 heterocycles. The summed E-state index contributed by atoms with van der Waals surface area (Å²) >= 11 is 0. The summed E-state index contributed by atoms with van der Waals surface area (Å²) in [5, 5.41) is 0. The molecule has 0 fully saturated rings. The molecule has 3 nitrogen and oxygen atoms in total. The molecule has 0 radical (unpaired) electrons. The molecular formula is C17H33N3. The van der Waals surface area contributed by atoms with Gasteiger partial charge in [-0.1, -0.05) is 41.0 Å². The predicted octanol–water partition coefficient (Wildman–Crippen LogP) is 4.73. The van der Waals surface area contributed by atoms with Gasteiger partial charge in [-0.05, 0) is 37.3 Å². The second-order valence-corrected chi connectivity index (χ2v) is 5.08. The molecule has 0 aliphatic heterocycles. The molecule has 0 aliphatic carbocycles. The zero-order valence-electron chi connectivity index (χ0n) is 14.0. The molecule has 3 heteroatoms. The number of hydrogen-bond donors (Lipinski definition) is 1. The summed E-state index contributed by atoms with van der Waals surface area (Å²) < 4.78 is 0. The Balaban J connectivity index is 0.00000172. The van der Waals surface area contributed by atoms with Crippen LogP contribution in [0.25, 0.3) is 0 Å². The fourth-order valence-electron chi connectivity index (χ4n) is 2.06. The van der Waals surface area contributed by atoms with Crippen LogP contribution in [0.5, 0.6) is 0 Å². The topological polar surface area (TPSA) is 42.1 Å². The highest BCUT2D eigenvalue weighted by Gasteiger charge is 2.07. The van der Waals surface area contributed by atoms with Crippen LogP contribution in [-0.2, 0) is 0 Å². The van der Waals surface area contributed by atoms with Crippen molar-refractivity contribution < 1.29 is 0 Å². The number of aromatic nitrogens is 1. The summed E-state index contributed by atoms with van der Waals surface area (Å²) in [5.74, 6) is 1.42. The van der Waals surface area contributed by atoms with E-state index in [1.54, 1.807) is 0 Å². The Morgan fingerprint density at radius 3 is 2.40 bits per heavy atom. The fraction of sp³-hybridized carbons (Fsp3) is 0.706. The number of pyridine rings is 1. The summed E-state index contributed by atoms with van der Waals surface area (Å²) in [6.45, 7) is 13.0.